The van der Waals surface area contributed by atoms with Crippen molar-refractivity contribution in [2.24, 2.45) is 0 Å². The van der Waals surface area contributed by atoms with E-state index >= 15 is 0 Å². The molecule has 1 rings (SSSR count). The van der Waals surface area contributed by atoms with Gasteiger partial charge >= 0.3 is 63.3 Å². The van der Waals surface area contributed by atoms with Crippen molar-refractivity contribution in [2.45, 2.75) is 0 Å². The van der Waals surface area contributed by atoms with E-state index in [4.69, 9.17) is 9.29 Å². The van der Waals surface area contributed by atoms with Crippen LogP contribution in [-0.4, -0.2) is 87.2 Å². The van der Waals surface area contributed by atoms with Crippen LogP contribution < -0.4 is 0 Å². The van der Waals surface area contributed by atoms with Crippen LogP contribution >= 0.6 is 10.3 Å². The van der Waals surface area contributed by atoms with Crippen LogP contribution in [0.25, 0.3) is 0 Å². The second-order valence-electron chi connectivity index (χ2n) is 3.98. The van der Waals surface area contributed by atoms with Crippen LogP contribution in [0.3, 0.4) is 0 Å². The third kappa shape index (κ3) is 6.03. The number of rotatable bonds is 3. The van der Waals surface area contributed by atoms with Crippen molar-refractivity contribution in [3.05, 3.63) is 35.4 Å². The van der Waals surface area contributed by atoms with Crippen LogP contribution in [0, 0.1) is 0 Å². The molecule has 0 saturated heterocycles. The van der Waals surface area contributed by atoms with E-state index in [1.807, 2.05) is 18.8 Å². The first-order valence-corrected chi connectivity index (χ1v) is 7.33. The molecule has 0 amide bonds. The van der Waals surface area contributed by atoms with Gasteiger partial charge in [-0.15, -0.1) is 0 Å². The molecule has 1 aromatic rings. The Bertz CT molecular complexity index is 426. The molecule has 0 fully saturated rings. The molecule has 0 atom stereocenters. The number of hydrogen-bond acceptors (Lipinski definition) is 3. The van der Waals surface area contributed by atoms with E-state index in [2.05, 4.69) is 0 Å². The fraction of sp³-hybridized carbons (Fsp3) is 0.273. The minimum atomic E-state index is -1.40. The van der Waals surface area contributed by atoms with Gasteiger partial charge < -0.3 is 9.29 Å². The molecule has 0 spiro atoms. The standard InChI is InChI=1S/C11H14O4S.K.H/c1-16(2,3)15-11(14)9-6-4-5-8(7-9)10(12)13;;/h4-7H,1-3H3,(H,12,13);;. The zero-order chi connectivity index (χ0) is 12.3. The van der Waals surface area contributed by atoms with E-state index in [9.17, 15) is 9.59 Å². The van der Waals surface area contributed by atoms with Crippen molar-refractivity contribution in [2.75, 3.05) is 18.8 Å². The molecule has 1 N–H and O–H groups in total. The fourth-order valence-corrected chi connectivity index (χ4v) is 1.60. The molecule has 0 aromatic heterocycles. The molecule has 6 heteroatoms. The number of carbonyl (C=O) groups excluding carboxylic acids is 1. The molecule has 4 nitrogen and oxygen atoms in total. The molecule has 0 aliphatic carbocycles. The number of carbonyl (C=O) groups is 2. The zero-order valence-corrected chi connectivity index (χ0v) is 10.2. The van der Waals surface area contributed by atoms with Gasteiger partial charge in [0.2, 0.25) is 0 Å². The van der Waals surface area contributed by atoms with Gasteiger partial charge in [0.15, 0.2) is 0 Å². The number of benzene rings is 1. The molecule has 0 radical (unpaired) electrons. The molecule has 0 unspecified atom stereocenters. The average Bonchev–Trinajstić information content (AvgIpc) is 2.15. The molecule has 0 bridgehead atoms. The number of aromatic carboxylic acids is 1. The fourth-order valence-electron chi connectivity index (χ4n) is 1.05. The molecular weight excluding hydrogens is 267 g/mol. The summed E-state index contributed by atoms with van der Waals surface area (Å²) in [5.41, 5.74) is 0.348. The average molecular weight is 282 g/mol. The van der Waals surface area contributed by atoms with Crippen molar-refractivity contribution in [3.8, 4) is 0 Å². The quantitative estimate of drug-likeness (QED) is 0.853. The summed E-state index contributed by atoms with van der Waals surface area (Å²) < 4.78 is 5.21. The Morgan fingerprint density at radius 1 is 1.18 bits per heavy atom. The van der Waals surface area contributed by atoms with E-state index in [0.717, 1.165) is 0 Å². The summed E-state index contributed by atoms with van der Waals surface area (Å²) in [4.78, 5) is 22.4. The van der Waals surface area contributed by atoms with E-state index < -0.39 is 22.2 Å². The van der Waals surface area contributed by atoms with E-state index in [-0.39, 0.29) is 62.5 Å². The topological polar surface area (TPSA) is 63.6 Å². The Labute approximate surface area is 145 Å². The predicted octanol–water partition coefficient (Wildman–Crippen LogP) is 1.50. The summed E-state index contributed by atoms with van der Waals surface area (Å²) in [7, 11) is -1.40. The molecular formula is C11H15KO4S. The summed E-state index contributed by atoms with van der Waals surface area (Å²) in [6.07, 6.45) is 5.52. The molecule has 17 heavy (non-hydrogen) atoms. The SMILES string of the molecule is CS(C)(C)OC(=O)c1cccc(C(=O)O)c1.[KH]. The van der Waals surface area contributed by atoms with Crippen molar-refractivity contribution >= 4 is 73.6 Å². The number of hydrogen-bond donors (Lipinski definition) is 1. The van der Waals surface area contributed by atoms with Crippen LogP contribution in [0.15, 0.2) is 24.3 Å². The van der Waals surface area contributed by atoms with Crippen molar-refractivity contribution < 1.29 is 18.9 Å². The van der Waals surface area contributed by atoms with Crippen molar-refractivity contribution in [3.63, 3.8) is 0 Å². The van der Waals surface area contributed by atoms with Gasteiger partial charge in [0, 0.05) is 0 Å². The maximum absolute atomic E-state index is 11.6. The number of carboxylic acids is 1. The zero-order valence-electron chi connectivity index (χ0n) is 9.39. The van der Waals surface area contributed by atoms with Crippen LogP contribution in [-0.2, 0) is 4.18 Å². The van der Waals surface area contributed by atoms with Crippen LogP contribution in [0.5, 0.6) is 0 Å². The Morgan fingerprint density at radius 3 is 2.18 bits per heavy atom. The van der Waals surface area contributed by atoms with E-state index in [1.54, 1.807) is 6.07 Å². The summed E-state index contributed by atoms with van der Waals surface area (Å²) in [6, 6.07) is 5.82. The van der Waals surface area contributed by atoms with Crippen LogP contribution in [0.4, 0.5) is 0 Å². The molecule has 0 aliphatic heterocycles. The monoisotopic (exact) mass is 282 g/mol. The van der Waals surface area contributed by atoms with Gasteiger partial charge in [-0.05, 0) is 37.0 Å². The normalized spacial score (nSPS) is 11.2. The predicted molar refractivity (Wildman–Crippen MR) is 71.3 cm³/mol. The van der Waals surface area contributed by atoms with Gasteiger partial charge in [0.25, 0.3) is 0 Å². The van der Waals surface area contributed by atoms with Crippen LogP contribution in [0.2, 0.25) is 0 Å². The van der Waals surface area contributed by atoms with E-state index in [0.29, 0.717) is 0 Å². The maximum atomic E-state index is 11.6. The second-order valence-corrected chi connectivity index (χ2v) is 7.60. The van der Waals surface area contributed by atoms with Gasteiger partial charge in [-0.25, -0.2) is 9.59 Å². The van der Waals surface area contributed by atoms with Gasteiger partial charge in [-0.1, -0.05) is 16.4 Å². The first-order chi connectivity index (χ1) is 7.29. The van der Waals surface area contributed by atoms with Crippen molar-refractivity contribution in [1.82, 2.24) is 0 Å². The Morgan fingerprint density at radius 2 is 1.71 bits per heavy atom. The first kappa shape index (κ1) is 17.1. The first-order valence-electron chi connectivity index (χ1n) is 4.55. The molecule has 0 aliphatic rings. The van der Waals surface area contributed by atoms with Crippen LogP contribution in [0.1, 0.15) is 20.7 Å². The summed E-state index contributed by atoms with van der Waals surface area (Å²) in [6.45, 7) is 0. The Balaban J connectivity index is 0.00000256. The van der Waals surface area contributed by atoms with Crippen molar-refractivity contribution in [1.29, 1.82) is 0 Å². The molecule has 1 aromatic carbocycles. The van der Waals surface area contributed by atoms with Gasteiger partial charge in [-0.2, -0.15) is 0 Å². The second kappa shape index (κ2) is 6.91. The third-order valence-electron chi connectivity index (χ3n) is 1.67. The molecule has 90 valence electrons. The Hall–Kier alpha value is 0.146. The molecule has 0 saturated carbocycles. The summed E-state index contributed by atoms with van der Waals surface area (Å²) >= 11 is 0. The van der Waals surface area contributed by atoms with Gasteiger partial charge in [-0.3, -0.25) is 0 Å². The minimum absolute atomic E-state index is 0. The summed E-state index contributed by atoms with van der Waals surface area (Å²) in [5.74, 6) is -1.54. The van der Waals surface area contributed by atoms with E-state index in [1.165, 1.54) is 18.2 Å². The molecule has 0 heterocycles. The third-order valence-corrected chi connectivity index (χ3v) is 2.32. The summed E-state index contributed by atoms with van der Waals surface area (Å²) in [5, 5.41) is 8.78. The number of carboxylic acid groups (broad SMARTS) is 1. The van der Waals surface area contributed by atoms with Gasteiger partial charge in [0.1, 0.15) is 0 Å². The Kier molecular flexibility index (Phi) is 6.97. The van der Waals surface area contributed by atoms with Gasteiger partial charge in [0.05, 0.1) is 11.1 Å².